The maximum Gasteiger partial charge on any atom is 0.278 e. The molecule has 66 valence electrons. The van der Waals surface area contributed by atoms with Crippen LogP contribution < -0.4 is 0 Å². The van der Waals surface area contributed by atoms with Gasteiger partial charge < -0.3 is 0 Å². The van der Waals surface area contributed by atoms with Crippen molar-refractivity contribution in [2.24, 2.45) is 0 Å². The number of benzene rings is 1. The van der Waals surface area contributed by atoms with Crippen LogP contribution in [0.25, 0.3) is 0 Å². The first-order valence-electron chi connectivity index (χ1n) is 4.19. The zero-order chi connectivity index (χ0) is 9.10. The van der Waals surface area contributed by atoms with E-state index in [-0.39, 0.29) is 5.92 Å². The molecule has 0 N–H and O–H groups in total. The van der Waals surface area contributed by atoms with E-state index in [0.717, 1.165) is 0 Å². The summed E-state index contributed by atoms with van der Waals surface area (Å²) >= 11 is 0. The molecular weight excluding hydrogens is 166 g/mol. The molecular formula is C10H10NO2+. The van der Waals surface area contributed by atoms with Gasteiger partial charge in [-0.15, -0.1) is 0 Å². The van der Waals surface area contributed by atoms with E-state index in [1.807, 2.05) is 36.4 Å². The highest BCUT2D eigenvalue weighted by Crippen LogP contribution is 2.19. The van der Waals surface area contributed by atoms with Crippen LogP contribution in [0.4, 0.5) is 0 Å². The molecule has 3 nitrogen and oxygen atoms in total. The Bertz CT molecular complexity index is 332. The van der Waals surface area contributed by atoms with Crippen molar-refractivity contribution in [2.45, 2.75) is 5.92 Å². The quantitative estimate of drug-likeness (QED) is 0.655. The Hall–Kier alpha value is -1.64. The fourth-order valence-corrected chi connectivity index (χ4v) is 1.33. The molecule has 1 aliphatic heterocycles. The van der Waals surface area contributed by atoms with E-state index in [1.165, 1.54) is 11.8 Å². The second kappa shape index (κ2) is 3.39. The maximum absolute atomic E-state index is 10.6. The van der Waals surface area contributed by atoms with Gasteiger partial charge >= 0.3 is 0 Å². The van der Waals surface area contributed by atoms with Gasteiger partial charge in [-0.25, -0.2) is 4.84 Å². The van der Waals surface area contributed by atoms with Gasteiger partial charge in [-0.1, -0.05) is 30.3 Å². The van der Waals surface area contributed by atoms with E-state index in [1.54, 1.807) is 0 Å². The fourth-order valence-electron chi connectivity index (χ4n) is 1.33. The average Bonchev–Trinajstić information content (AvgIpc) is 2.20. The van der Waals surface area contributed by atoms with Crippen molar-refractivity contribution >= 4 is 0 Å². The minimum atomic E-state index is 0.200. The average molecular weight is 176 g/mol. The summed E-state index contributed by atoms with van der Waals surface area (Å²) in [6, 6.07) is 9.98. The summed E-state index contributed by atoms with van der Waals surface area (Å²) in [7, 11) is 0. The van der Waals surface area contributed by atoms with Crippen LogP contribution in [0.5, 0.6) is 0 Å². The van der Waals surface area contributed by atoms with Crippen molar-refractivity contribution in [3.05, 3.63) is 53.1 Å². The molecule has 0 spiro atoms. The van der Waals surface area contributed by atoms with Gasteiger partial charge in [0.1, 0.15) is 0 Å². The molecule has 0 fully saturated rings. The topological polar surface area (TPSA) is 29.3 Å². The lowest BCUT2D eigenvalue weighted by Gasteiger charge is -2.10. The van der Waals surface area contributed by atoms with Gasteiger partial charge in [0, 0.05) is 12.0 Å². The van der Waals surface area contributed by atoms with Crippen molar-refractivity contribution in [1.82, 2.24) is 0 Å². The van der Waals surface area contributed by atoms with Gasteiger partial charge in [-0.05, 0) is 5.56 Å². The molecule has 1 heterocycles. The van der Waals surface area contributed by atoms with Crippen LogP contribution in [0.3, 0.4) is 0 Å². The molecule has 0 aliphatic carbocycles. The first kappa shape index (κ1) is 7.98. The lowest BCUT2D eigenvalue weighted by Crippen LogP contribution is -2.15. The molecule has 13 heavy (non-hydrogen) atoms. The zero-order valence-electron chi connectivity index (χ0n) is 7.09. The lowest BCUT2D eigenvalue weighted by molar-refractivity contribution is -0.761. The van der Waals surface area contributed by atoms with Crippen LogP contribution in [-0.4, -0.2) is 11.5 Å². The predicted octanol–water partition coefficient (Wildman–Crippen LogP) is 2.01. The minimum Gasteiger partial charge on any atom is -0.226 e. The highest BCUT2D eigenvalue weighted by atomic mass is 16.8. The van der Waals surface area contributed by atoms with Gasteiger partial charge in [0.15, 0.2) is 6.61 Å². The standard InChI is InChI=1S/C10H10NO2/c12-11-7-6-10(8-13-11)9-4-2-1-3-5-9/h1-7,10H,8H2/q+1. The second-order valence-corrected chi connectivity index (χ2v) is 2.94. The first-order chi connectivity index (χ1) is 6.36. The molecule has 0 aromatic heterocycles. The van der Waals surface area contributed by atoms with Gasteiger partial charge in [-0.3, -0.25) is 0 Å². The summed E-state index contributed by atoms with van der Waals surface area (Å²) in [4.78, 5) is 16.0. The highest BCUT2D eigenvalue weighted by Gasteiger charge is 2.20. The SMILES string of the molecule is O=[N+]1C=CC(c2ccccc2)CO1. The first-order valence-corrected chi connectivity index (χ1v) is 4.19. The minimum absolute atomic E-state index is 0.200. The Kier molecular flexibility index (Phi) is 2.08. The van der Waals surface area contributed by atoms with Crippen LogP contribution in [0.1, 0.15) is 11.5 Å². The Morgan fingerprint density at radius 2 is 2.08 bits per heavy atom. The van der Waals surface area contributed by atoms with E-state index in [9.17, 15) is 4.91 Å². The molecule has 1 unspecified atom stereocenters. The van der Waals surface area contributed by atoms with Crippen LogP contribution in [0.15, 0.2) is 42.6 Å². The van der Waals surface area contributed by atoms with Crippen LogP contribution in [0.2, 0.25) is 0 Å². The Morgan fingerprint density at radius 3 is 2.69 bits per heavy atom. The van der Waals surface area contributed by atoms with Crippen LogP contribution >= 0.6 is 0 Å². The van der Waals surface area contributed by atoms with Gasteiger partial charge in [0.2, 0.25) is 0 Å². The number of hydrogen-bond donors (Lipinski definition) is 0. The molecule has 0 radical (unpaired) electrons. The monoisotopic (exact) mass is 176 g/mol. The van der Waals surface area contributed by atoms with Crippen LogP contribution in [0, 0.1) is 4.91 Å². The molecule has 1 aliphatic rings. The summed E-state index contributed by atoms with van der Waals surface area (Å²) in [6.45, 7) is 0.421. The third kappa shape index (κ3) is 1.75. The van der Waals surface area contributed by atoms with Gasteiger partial charge in [-0.2, -0.15) is 0 Å². The molecule has 2 rings (SSSR count). The third-order valence-electron chi connectivity index (χ3n) is 2.05. The van der Waals surface area contributed by atoms with E-state index < -0.39 is 0 Å². The van der Waals surface area contributed by atoms with Crippen molar-refractivity contribution < 1.29 is 9.76 Å². The molecule has 1 atom stereocenters. The summed E-state index contributed by atoms with van der Waals surface area (Å²) in [5, 5.41) is 0. The zero-order valence-corrected chi connectivity index (χ0v) is 7.09. The van der Waals surface area contributed by atoms with E-state index >= 15 is 0 Å². The molecule has 0 amide bonds. The molecule has 0 saturated heterocycles. The Balaban J connectivity index is 2.20. The summed E-state index contributed by atoms with van der Waals surface area (Å²) in [5.74, 6) is 0.200. The molecule has 1 aromatic carbocycles. The van der Waals surface area contributed by atoms with E-state index in [0.29, 0.717) is 11.5 Å². The summed E-state index contributed by atoms with van der Waals surface area (Å²) < 4.78 is 0. The largest absolute Gasteiger partial charge is 0.278 e. The van der Waals surface area contributed by atoms with Crippen molar-refractivity contribution in [1.29, 1.82) is 0 Å². The van der Waals surface area contributed by atoms with Gasteiger partial charge in [0.25, 0.3) is 11.1 Å². The molecule has 0 bridgehead atoms. The second-order valence-electron chi connectivity index (χ2n) is 2.94. The maximum atomic E-state index is 10.6. The number of hydrogen-bond acceptors (Lipinski definition) is 2. The van der Waals surface area contributed by atoms with Crippen molar-refractivity contribution in [3.63, 3.8) is 0 Å². The molecule has 0 saturated carbocycles. The Morgan fingerprint density at radius 1 is 1.31 bits per heavy atom. The van der Waals surface area contributed by atoms with E-state index in [4.69, 9.17) is 4.84 Å². The van der Waals surface area contributed by atoms with Crippen molar-refractivity contribution in [2.75, 3.05) is 6.61 Å². The highest BCUT2D eigenvalue weighted by molar-refractivity contribution is 5.23. The van der Waals surface area contributed by atoms with Crippen molar-refractivity contribution in [3.8, 4) is 0 Å². The fraction of sp³-hybridized carbons (Fsp3) is 0.200. The van der Waals surface area contributed by atoms with Crippen LogP contribution in [-0.2, 0) is 4.84 Å². The molecule has 1 aromatic rings. The number of rotatable bonds is 1. The summed E-state index contributed by atoms with van der Waals surface area (Å²) in [6.07, 6.45) is 3.26. The summed E-state index contributed by atoms with van der Waals surface area (Å²) in [5.41, 5.74) is 1.17. The lowest BCUT2D eigenvalue weighted by atomic mass is 10.00. The third-order valence-corrected chi connectivity index (χ3v) is 2.05. The van der Waals surface area contributed by atoms with E-state index in [2.05, 4.69) is 0 Å². The normalized spacial score (nSPS) is 21.2. The smallest absolute Gasteiger partial charge is 0.226 e. The number of nitrogens with zero attached hydrogens (tertiary/aromatic N) is 1. The molecule has 3 heteroatoms. The van der Waals surface area contributed by atoms with Gasteiger partial charge in [0.05, 0.1) is 4.91 Å². The predicted molar refractivity (Wildman–Crippen MR) is 47.9 cm³/mol. The Labute approximate surface area is 76.2 Å².